The van der Waals surface area contributed by atoms with Crippen LogP contribution in [0.4, 0.5) is 20.2 Å². The Balaban J connectivity index is 1.50. The molecule has 38 heavy (non-hydrogen) atoms. The minimum Gasteiger partial charge on any atom is -0.480 e. The summed E-state index contributed by atoms with van der Waals surface area (Å²) >= 11 is 3.85. The highest BCUT2D eigenvalue weighted by Gasteiger charge is 2.24. The van der Waals surface area contributed by atoms with Crippen molar-refractivity contribution >= 4 is 68.2 Å². The van der Waals surface area contributed by atoms with Crippen molar-refractivity contribution in [3.63, 3.8) is 0 Å². The SMILES string of the molecule is COC(=O)c1cc(-c2ccc(/C=C3\SC(Nc4ccc(C(Br)C(=O)O)c(F)c4)=NC3=O)c(F)c2)ccc1N. The second-order valence-corrected chi connectivity index (χ2v) is 9.87. The number of carboxylic acid groups (broad SMARTS) is 1. The molecule has 3 aromatic carbocycles. The lowest BCUT2D eigenvalue weighted by atomic mass is 10.00. The van der Waals surface area contributed by atoms with E-state index in [0.717, 1.165) is 17.8 Å². The number of nitrogens with zero attached hydrogens (tertiary/aromatic N) is 1. The molecule has 0 saturated heterocycles. The molecule has 0 saturated carbocycles. The number of nitrogens with one attached hydrogen (secondary N) is 1. The molecule has 4 N–H and O–H groups in total. The van der Waals surface area contributed by atoms with Gasteiger partial charge >= 0.3 is 11.9 Å². The molecule has 0 radical (unpaired) electrons. The summed E-state index contributed by atoms with van der Waals surface area (Å²) in [5, 5.41) is 12.0. The van der Waals surface area contributed by atoms with Gasteiger partial charge in [0.15, 0.2) is 5.17 Å². The zero-order chi connectivity index (χ0) is 27.6. The smallest absolute Gasteiger partial charge is 0.339 e. The molecule has 0 aliphatic carbocycles. The molecule has 12 heteroatoms. The number of benzene rings is 3. The fraction of sp³-hybridized carbons (Fsp3) is 0.0769. The van der Waals surface area contributed by atoms with E-state index in [1.807, 2.05) is 0 Å². The molecule has 1 unspecified atom stereocenters. The number of ether oxygens (including phenoxy) is 1. The highest BCUT2D eigenvalue weighted by Crippen LogP contribution is 2.33. The van der Waals surface area contributed by atoms with Crippen LogP contribution in [0.25, 0.3) is 17.2 Å². The summed E-state index contributed by atoms with van der Waals surface area (Å²) in [5.74, 6) is -3.82. The largest absolute Gasteiger partial charge is 0.480 e. The number of halogens is 3. The summed E-state index contributed by atoms with van der Waals surface area (Å²) in [7, 11) is 1.23. The Morgan fingerprint density at radius 3 is 2.47 bits per heavy atom. The molecule has 1 amide bonds. The van der Waals surface area contributed by atoms with Crippen molar-refractivity contribution in [3.8, 4) is 11.1 Å². The van der Waals surface area contributed by atoms with Crippen LogP contribution in [0.2, 0.25) is 0 Å². The number of anilines is 2. The molecule has 0 spiro atoms. The number of amidine groups is 1. The summed E-state index contributed by atoms with van der Waals surface area (Å²) in [5.41, 5.74) is 7.58. The minimum absolute atomic E-state index is 0.0554. The Morgan fingerprint density at radius 1 is 1.11 bits per heavy atom. The number of aliphatic carboxylic acids is 1. The molecule has 1 atom stereocenters. The number of rotatable bonds is 6. The highest BCUT2D eigenvalue weighted by molar-refractivity contribution is 9.09. The number of alkyl halides is 1. The van der Waals surface area contributed by atoms with Gasteiger partial charge in [0.25, 0.3) is 5.91 Å². The molecule has 0 fully saturated rings. The number of esters is 1. The molecule has 0 aromatic heterocycles. The first-order valence-electron chi connectivity index (χ1n) is 10.8. The molecule has 4 rings (SSSR count). The summed E-state index contributed by atoms with van der Waals surface area (Å²) in [6, 6.07) is 12.9. The summed E-state index contributed by atoms with van der Waals surface area (Å²) in [6.45, 7) is 0. The maximum Gasteiger partial charge on any atom is 0.339 e. The van der Waals surface area contributed by atoms with Gasteiger partial charge in [-0.15, -0.1) is 0 Å². The van der Waals surface area contributed by atoms with Crippen LogP contribution in [0.5, 0.6) is 0 Å². The minimum atomic E-state index is -1.24. The van der Waals surface area contributed by atoms with E-state index in [9.17, 15) is 23.2 Å². The molecular formula is C26H18BrF2N3O5S. The molecule has 194 valence electrons. The zero-order valence-corrected chi connectivity index (χ0v) is 21.9. The number of hydrogen-bond donors (Lipinski definition) is 3. The number of nitrogen functional groups attached to an aromatic ring is 1. The Kier molecular flexibility index (Phi) is 7.93. The third-order valence-corrected chi connectivity index (χ3v) is 7.23. The van der Waals surface area contributed by atoms with Crippen LogP contribution >= 0.6 is 27.7 Å². The van der Waals surface area contributed by atoms with Crippen LogP contribution in [-0.4, -0.2) is 35.2 Å². The first-order valence-corrected chi connectivity index (χ1v) is 12.5. The van der Waals surface area contributed by atoms with E-state index < -0.39 is 34.3 Å². The Labute approximate surface area is 227 Å². The second-order valence-electron chi connectivity index (χ2n) is 7.92. The normalized spacial score (nSPS) is 14.8. The lowest BCUT2D eigenvalue weighted by molar-refractivity contribution is -0.136. The lowest BCUT2D eigenvalue weighted by Gasteiger charge is -2.10. The third-order valence-electron chi connectivity index (χ3n) is 5.44. The van der Waals surface area contributed by atoms with Gasteiger partial charge in [-0.3, -0.25) is 9.59 Å². The van der Waals surface area contributed by atoms with E-state index in [-0.39, 0.29) is 38.1 Å². The predicted octanol–water partition coefficient (Wildman–Crippen LogP) is 5.60. The number of aliphatic imine (C=N–C) groups is 1. The summed E-state index contributed by atoms with van der Waals surface area (Å²) < 4.78 is 34.0. The first kappa shape index (κ1) is 27.0. The van der Waals surface area contributed by atoms with Crippen molar-refractivity contribution in [2.75, 3.05) is 18.2 Å². The van der Waals surface area contributed by atoms with Crippen molar-refractivity contribution in [3.05, 3.63) is 87.8 Å². The molecule has 1 heterocycles. The van der Waals surface area contributed by atoms with Crippen molar-refractivity contribution in [2.24, 2.45) is 4.99 Å². The second kappa shape index (κ2) is 11.2. The van der Waals surface area contributed by atoms with E-state index in [4.69, 9.17) is 15.6 Å². The lowest BCUT2D eigenvalue weighted by Crippen LogP contribution is -2.09. The van der Waals surface area contributed by atoms with E-state index in [1.165, 1.54) is 49.6 Å². The van der Waals surface area contributed by atoms with E-state index in [1.54, 1.807) is 12.1 Å². The van der Waals surface area contributed by atoms with E-state index in [2.05, 4.69) is 26.2 Å². The number of amides is 1. The van der Waals surface area contributed by atoms with Gasteiger partial charge in [-0.25, -0.2) is 13.6 Å². The quantitative estimate of drug-likeness (QED) is 0.144. The van der Waals surface area contributed by atoms with Gasteiger partial charge in [-0.05, 0) is 59.3 Å². The van der Waals surface area contributed by atoms with Crippen LogP contribution in [-0.2, 0) is 14.3 Å². The maximum atomic E-state index is 14.9. The standard InChI is InChI=1S/C26H18BrF2N3O5S/c1-37-25(36)17-8-12(4-7-20(17)30)13-2-3-14(18(28)9-13)10-21-23(33)32-26(38-21)31-15-5-6-16(19(29)11-15)22(27)24(34)35/h2-11,22H,30H2,1H3,(H,34,35)(H,31,32,33)/b21-10-. The molecule has 0 bridgehead atoms. The van der Waals surface area contributed by atoms with Crippen molar-refractivity contribution in [1.82, 2.24) is 0 Å². The molecule has 1 aliphatic heterocycles. The molecular weight excluding hydrogens is 584 g/mol. The number of carbonyl (C=O) groups is 3. The van der Waals surface area contributed by atoms with Crippen LogP contribution in [0.1, 0.15) is 26.3 Å². The predicted molar refractivity (Wildman–Crippen MR) is 145 cm³/mol. The van der Waals surface area contributed by atoms with Gasteiger partial charge in [-0.2, -0.15) is 4.99 Å². The van der Waals surface area contributed by atoms with Crippen molar-refractivity contribution in [1.29, 1.82) is 0 Å². The average molecular weight is 602 g/mol. The number of thioether (sulfide) groups is 1. The van der Waals surface area contributed by atoms with Gasteiger partial charge < -0.3 is 20.9 Å². The monoisotopic (exact) mass is 601 g/mol. The fourth-order valence-corrected chi connectivity index (χ4v) is 4.71. The Morgan fingerprint density at radius 2 is 1.82 bits per heavy atom. The van der Waals surface area contributed by atoms with Crippen LogP contribution < -0.4 is 11.1 Å². The Bertz CT molecular complexity index is 1540. The average Bonchev–Trinajstić information content (AvgIpc) is 3.22. The number of carboxylic acids is 1. The van der Waals surface area contributed by atoms with Gasteiger partial charge in [0.2, 0.25) is 0 Å². The van der Waals surface area contributed by atoms with Crippen molar-refractivity contribution in [2.45, 2.75) is 4.83 Å². The molecule has 3 aromatic rings. The van der Waals surface area contributed by atoms with E-state index >= 15 is 0 Å². The maximum absolute atomic E-state index is 14.9. The topological polar surface area (TPSA) is 131 Å². The third kappa shape index (κ3) is 5.76. The number of carbonyl (C=O) groups excluding carboxylic acids is 2. The van der Waals surface area contributed by atoms with Gasteiger partial charge in [0.05, 0.1) is 17.6 Å². The molecule has 1 aliphatic rings. The Hall–Kier alpha value is -4.03. The number of hydrogen-bond acceptors (Lipinski definition) is 7. The van der Waals surface area contributed by atoms with Gasteiger partial charge in [0.1, 0.15) is 16.5 Å². The summed E-state index contributed by atoms with van der Waals surface area (Å²) in [4.78, 5) is 38.2. The first-order chi connectivity index (χ1) is 18.1. The summed E-state index contributed by atoms with van der Waals surface area (Å²) in [6.07, 6.45) is 1.35. The molecule has 8 nitrogen and oxygen atoms in total. The number of methoxy groups -OCH3 is 1. The highest BCUT2D eigenvalue weighted by atomic mass is 79.9. The van der Waals surface area contributed by atoms with E-state index in [0.29, 0.717) is 11.1 Å². The number of nitrogens with two attached hydrogens (primary N) is 1. The van der Waals surface area contributed by atoms with Crippen LogP contribution in [0.15, 0.2) is 64.5 Å². The zero-order valence-electron chi connectivity index (χ0n) is 19.5. The van der Waals surface area contributed by atoms with Gasteiger partial charge in [-0.1, -0.05) is 40.2 Å². The van der Waals surface area contributed by atoms with Crippen LogP contribution in [0.3, 0.4) is 0 Å². The van der Waals surface area contributed by atoms with Gasteiger partial charge in [0, 0.05) is 22.5 Å². The van der Waals surface area contributed by atoms with Crippen molar-refractivity contribution < 1.29 is 33.0 Å². The van der Waals surface area contributed by atoms with Crippen LogP contribution in [0, 0.1) is 11.6 Å². The fourth-order valence-electron chi connectivity index (χ4n) is 3.52.